The second kappa shape index (κ2) is 7.47. The monoisotopic (exact) mass is 429 g/mol. The van der Waals surface area contributed by atoms with E-state index in [9.17, 15) is 9.59 Å². The van der Waals surface area contributed by atoms with Crippen molar-refractivity contribution in [3.8, 4) is 0 Å². The number of halogens is 1. The molecule has 1 heterocycles. The summed E-state index contributed by atoms with van der Waals surface area (Å²) in [4.78, 5) is 30.7. The van der Waals surface area contributed by atoms with Gasteiger partial charge >= 0.3 is 0 Å². The van der Waals surface area contributed by atoms with Gasteiger partial charge in [-0.1, -0.05) is 22.0 Å². The molecule has 0 unspecified atom stereocenters. The zero-order valence-corrected chi connectivity index (χ0v) is 16.6. The minimum absolute atomic E-state index is 0.0677. The molecule has 0 bridgehead atoms. The molecule has 2 aromatic rings. The first-order valence-corrected chi connectivity index (χ1v) is 9.13. The first-order valence-electron chi connectivity index (χ1n) is 7.92. The van der Waals surface area contributed by atoms with Crippen LogP contribution in [0.2, 0.25) is 0 Å². The normalized spacial score (nSPS) is 17.7. The van der Waals surface area contributed by atoms with Gasteiger partial charge in [0.25, 0.3) is 5.91 Å². The van der Waals surface area contributed by atoms with Gasteiger partial charge in [0.05, 0.1) is 11.4 Å². The molecule has 2 aromatic carbocycles. The van der Waals surface area contributed by atoms with Crippen molar-refractivity contribution in [3.05, 3.63) is 58.1 Å². The van der Waals surface area contributed by atoms with E-state index in [0.717, 1.165) is 15.6 Å². The fraction of sp³-hybridized carbons (Fsp3) is 0.158. The van der Waals surface area contributed by atoms with Crippen LogP contribution in [0, 0.1) is 19.8 Å². The molecular formula is C19H16BrN3O2S. The molecule has 1 saturated heterocycles. The number of carbonyl (C=O) groups is 2. The third-order valence-electron chi connectivity index (χ3n) is 4.15. The molecule has 0 aromatic heterocycles. The molecule has 1 atom stereocenters. The van der Waals surface area contributed by atoms with Gasteiger partial charge in [0.15, 0.2) is 11.0 Å². The fourth-order valence-corrected chi connectivity index (χ4v) is 3.08. The van der Waals surface area contributed by atoms with Gasteiger partial charge in [-0.25, -0.2) is 0 Å². The Hall–Kier alpha value is -2.38. The summed E-state index contributed by atoms with van der Waals surface area (Å²) in [5, 5.41) is 2.64. The predicted octanol–water partition coefficient (Wildman–Crippen LogP) is 3.83. The molecule has 0 saturated carbocycles. The number of nitrogens with zero attached hydrogens (tertiary/aromatic N) is 2. The number of hydrogen-bond donors (Lipinski definition) is 1. The van der Waals surface area contributed by atoms with E-state index in [0.29, 0.717) is 11.4 Å². The summed E-state index contributed by atoms with van der Waals surface area (Å²) in [6, 6.07) is 12.8. The van der Waals surface area contributed by atoms with Gasteiger partial charge in [-0.2, -0.15) is 0 Å². The largest absolute Gasteiger partial charge is 0.301 e. The predicted molar refractivity (Wildman–Crippen MR) is 110 cm³/mol. The lowest BCUT2D eigenvalue weighted by Gasteiger charge is -2.30. The van der Waals surface area contributed by atoms with Gasteiger partial charge in [-0.05, 0) is 73.6 Å². The van der Waals surface area contributed by atoms with Crippen LogP contribution >= 0.6 is 28.1 Å². The highest BCUT2D eigenvalue weighted by molar-refractivity contribution is 9.10. The van der Waals surface area contributed by atoms with Crippen molar-refractivity contribution in [1.29, 1.82) is 0 Å². The van der Waals surface area contributed by atoms with E-state index in [1.165, 1.54) is 11.1 Å². The minimum Gasteiger partial charge on any atom is -0.301 e. The van der Waals surface area contributed by atoms with Gasteiger partial charge in [-0.15, -0.1) is 0 Å². The summed E-state index contributed by atoms with van der Waals surface area (Å²) >= 11 is 8.53. The van der Waals surface area contributed by atoms with Crippen molar-refractivity contribution in [3.63, 3.8) is 0 Å². The third kappa shape index (κ3) is 3.73. The molecule has 1 aliphatic heterocycles. The van der Waals surface area contributed by atoms with Crippen LogP contribution in [0.4, 0.5) is 11.4 Å². The van der Waals surface area contributed by atoms with E-state index in [2.05, 4.69) is 26.2 Å². The molecule has 2 amide bonds. The lowest BCUT2D eigenvalue weighted by atomic mass is 10.1. The van der Waals surface area contributed by atoms with Crippen LogP contribution in [0.5, 0.6) is 0 Å². The van der Waals surface area contributed by atoms with Crippen LogP contribution in [0.1, 0.15) is 11.1 Å². The number of anilines is 1. The van der Waals surface area contributed by atoms with E-state index in [1.807, 2.05) is 32.0 Å². The lowest BCUT2D eigenvalue weighted by Crippen LogP contribution is -2.58. The molecule has 132 valence electrons. The molecule has 3 rings (SSSR count). The molecule has 7 heteroatoms. The average molecular weight is 430 g/mol. The quantitative estimate of drug-likeness (QED) is 0.458. The van der Waals surface area contributed by atoms with E-state index in [-0.39, 0.29) is 5.11 Å². The summed E-state index contributed by atoms with van der Waals surface area (Å²) < 4.78 is 0.883. The second-order valence-corrected chi connectivity index (χ2v) is 7.27. The topological polar surface area (TPSA) is 61.8 Å². The van der Waals surface area contributed by atoms with Crippen molar-refractivity contribution >= 4 is 62.7 Å². The number of amides is 2. The van der Waals surface area contributed by atoms with Crippen LogP contribution < -0.4 is 10.2 Å². The number of thiocarbonyl (C=S) groups is 1. The molecule has 0 radical (unpaired) electrons. The number of rotatable bonds is 3. The number of hydrogen-bond acceptors (Lipinski definition) is 4. The highest BCUT2D eigenvalue weighted by Crippen LogP contribution is 2.23. The standard InChI is InChI=1S/C19H16BrN3O2S/c1-11-3-6-14(9-12(11)2)21-10-16-17(24)22-19(26)23(18(16)25)15-7-4-13(20)5-8-15/h3-10,16H,1-2H3,(H,22,24,26)/t16-/m1/s1. The molecule has 26 heavy (non-hydrogen) atoms. The Bertz CT molecular complexity index is 925. The molecule has 5 nitrogen and oxygen atoms in total. The maximum Gasteiger partial charge on any atom is 0.251 e. The minimum atomic E-state index is -1.04. The zero-order valence-electron chi connectivity index (χ0n) is 14.2. The Morgan fingerprint density at radius 3 is 2.46 bits per heavy atom. The van der Waals surface area contributed by atoms with E-state index in [1.54, 1.807) is 24.3 Å². The number of aliphatic imine (C=N–C) groups is 1. The summed E-state index contributed by atoms with van der Waals surface area (Å²) in [7, 11) is 0. The summed E-state index contributed by atoms with van der Waals surface area (Å²) in [5.41, 5.74) is 3.53. The Morgan fingerprint density at radius 2 is 1.81 bits per heavy atom. The Balaban J connectivity index is 1.88. The summed E-state index contributed by atoms with van der Waals surface area (Å²) in [5.74, 6) is -1.93. The van der Waals surface area contributed by atoms with E-state index >= 15 is 0 Å². The molecular weight excluding hydrogens is 414 g/mol. The second-order valence-electron chi connectivity index (χ2n) is 5.97. The highest BCUT2D eigenvalue weighted by atomic mass is 79.9. The average Bonchev–Trinajstić information content (AvgIpc) is 2.59. The Morgan fingerprint density at radius 1 is 1.12 bits per heavy atom. The SMILES string of the molecule is Cc1ccc(N=C[C@@H]2C(=O)NC(=S)N(c3ccc(Br)cc3)C2=O)cc1C. The van der Waals surface area contributed by atoms with E-state index < -0.39 is 17.7 Å². The van der Waals surface area contributed by atoms with Gasteiger partial charge in [-0.3, -0.25) is 19.5 Å². The first-order chi connectivity index (χ1) is 12.4. The van der Waals surface area contributed by atoms with Crippen LogP contribution in [0.25, 0.3) is 0 Å². The lowest BCUT2D eigenvalue weighted by molar-refractivity contribution is -0.130. The zero-order chi connectivity index (χ0) is 18.8. The van der Waals surface area contributed by atoms with Gasteiger partial charge in [0, 0.05) is 10.7 Å². The Kier molecular flexibility index (Phi) is 5.29. The van der Waals surface area contributed by atoms with Crippen molar-refractivity contribution in [2.45, 2.75) is 13.8 Å². The highest BCUT2D eigenvalue weighted by Gasteiger charge is 2.38. The smallest absolute Gasteiger partial charge is 0.251 e. The number of nitrogens with one attached hydrogen (secondary N) is 1. The number of benzene rings is 2. The summed E-state index contributed by atoms with van der Waals surface area (Å²) in [6.07, 6.45) is 1.37. The van der Waals surface area contributed by atoms with E-state index in [4.69, 9.17) is 12.2 Å². The number of carbonyl (C=O) groups excluding carboxylic acids is 2. The van der Waals surface area contributed by atoms with Crippen molar-refractivity contribution in [1.82, 2.24) is 5.32 Å². The van der Waals surface area contributed by atoms with Gasteiger partial charge in [0.2, 0.25) is 5.91 Å². The van der Waals surface area contributed by atoms with Crippen LogP contribution in [0.3, 0.4) is 0 Å². The van der Waals surface area contributed by atoms with Gasteiger partial charge in [0.1, 0.15) is 0 Å². The van der Waals surface area contributed by atoms with Gasteiger partial charge < -0.3 is 5.32 Å². The van der Waals surface area contributed by atoms with Crippen LogP contribution in [-0.2, 0) is 9.59 Å². The van der Waals surface area contributed by atoms with Crippen molar-refractivity contribution in [2.75, 3.05) is 4.90 Å². The molecule has 0 spiro atoms. The van der Waals surface area contributed by atoms with Crippen molar-refractivity contribution < 1.29 is 9.59 Å². The maximum absolute atomic E-state index is 12.8. The molecule has 1 N–H and O–H groups in total. The van der Waals surface area contributed by atoms with Crippen LogP contribution in [-0.4, -0.2) is 23.1 Å². The Labute approximate surface area is 165 Å². The van der Waals surface area contributed by atoms with Crippen LogP contribution in [0.15, 0.2) is 51.9 Å². The molecule has 1 fully saturated rings. The fourth-order valence-electron chi connectivity index (χ4n) is 2.52. The molecule has 1 aliphatic rings. The maximum atomic E-state index is 12.8. The number of aryl methyl sites for hydroxylation is 2. The summed E-state index contributed by atoms with van der Waals surface area (Å²) in [6.45, 7) is 4.00. The molecule has 0 aliphatic carbocycles. The first kappa shape index (κ1) is 18.4. The van der Waals surface area contributed by atoms with Crippen molar-refractivity contribution in [2.24, 2.45) is 10.9 Å². The third-order valence-corrected chi connectivity index (χ3v) is 4.96.